The molecule has 89 heavy (non-hydrogen) atoms. The first-order chi connectivity index (χ1) is 41.6. The predicted octanol–water partition coefficient (Wildman–Crippen LogP) is -5.41. The second-order valence-electron chi connectivity index (χ2n) is 28.7. The molecular formula is C60H102O29. The SMILES string of the molecule is C[C@H](CC[C@@H](O[C@@H]1O[C@H](CO[C@H]2O[C@H](CO)[C@@H](O)[C@H](O)[C@H]2O)[C@@H](O)[C@H](O)[C@H]1O[C@@H]1O[C@H](CO)[C@@H](O)[C@H](O)[C@H]1O)C(C)(C)O)C1CC[C@@]2(C)C3CC=C4C(CC[C@H](O[C@@H]5O[C@H](CO[C@H]6O[C@H](CO)[C@@H](O)[C@H](O)[C@H]6O)[C@@H](O)[C@H](O)[C@H]5O)C4(C)C)[C@]3(C)[C@H](O)C[C@]12C. The zero-order valence-electron chi connectivity index (χ0n) is 51.8. The monoisotopic (exact) mass is 1290 g/mol. The van der Waals surface area contributed by atoms with Gasteiger partial charge in [-0.15, -0.1) is 0 Å². The molecule has 0 spiro atoms. The summed E-state index contributed by atoms with van der Waals surface area (Å²) in [6, 6.07) is 0. The molecule has 5 aliphatic heterocycles. The second kappa shape index (κ2) is 27.6. The Hall–Kier alpha value is -1.42. The summed E-state index contributed by atoms with van der Waals surface area (Å²) >= 11 is 0. The number of fused-ring (bicyclic) bond motifs is 5. The van der Waals surface area contributed by atoms with E-state index < -0.39 is 227 Å². The summed E-state index contributed by atoms with van der Waals surface area (Å²) in [5, 5.41) is 205. The van der Waals surface area contributed by atoms with Crippen LogP contribution in [0.5, 0.6) is 0 Å². The fourth-order valence-electron chi connectivity index (χ4n) is 17.0. The lowest BCUT2D eigenvalue weighted by Gasteiger charge is -2.67. The summed E-state index contributed by atoms with van der Waals surface area (Å²) in [5.41, 5.74) is -2.49. The van der Waals surface area contributed by atoms with Crippen molar-refractivity contribution in [3.63, 3.8) is 0 Å². The van der Waals surface area contributed by atoms with Crippen LogP contribution in [0.2, 0.25) is 0 Å². The van der Waals surface area contributed by atoms with E-state index in [0.29, 0.717) is 32.1 Å². The smallest absolute Gasteiger partial charge is 0.187 e. The Morgan fingerprint density at radius 1 is 0.517 bits per heavy atom. The van der Waals surface area contributed by atoms with E-state index in [1.165, 1.54) is 13.8 Å². The van der Waals surface area contributed by atoms with Crippen molar-refractivity contribution in [2.24, 2.45) is 45.3 Å². The average Bonchev–Trinajstić information content (AvgIpc) is 1.66. The third-order valence-electron chi connectivity index (χ3n) is 22.9. The Bertz CT molecular complexity index is 2340. The summed E-state index contributed by atoms with van der Waals surface area (Å²) in [6.45, 7) is 12.6. The molecule has 4 aliphatic carbocycles. The molecule has 5 saturated heterocycles. The molecule has 3 unspecified atom stereocenters. The van der Waals surface area contributed by atoms with Crippen LogP contribution >= 0.6 is 0 Å². The van der Waals surface area contributed by atoms with E-state index in [1.54, 1.807) is 0 Å². The van der Waals surface area contributed by atoms with Gasteiger partial charge in [0.1, 0.15) is 122 Å². The molecule has 516 valence electrons. The van der Waals surface area contributed by atoms with E-state index in [-0.39, 0.29) is 35.5 Å². The zero-order chi connectivity index (χ0) is 65.5. The molecule has 0 radical (unpaired) electrons. The van der Waals surface area contributed by atoms with Crippen molar-refractivity contribution in [1.29, 1.82) is 0 Å². The zero-order valence-corrected chi connectivity index (χ0v) is 51.8. The maximum Gasteiger partial charge on any atom is 0.187 e. The van der Waals surface area contributed by atoms with Crippen molar-refractivity contribution in [3.8, 4) is 0 Å². The number of aliphatic hydroxyl groups is 19. The number of rotatable bonds is 20. The van der Waals surface area contributed by atoms with Crippen molar-refractivity contribution < 1.29 is 144 Å². The molecule has 8 fully saturated rings. The predicted molar refractivity (Wildman–Crippen MR) is 300 cm³/mol. The van der Waals surface area contributed by atoms with E-state index in [0.717, 1.165) is 18.4 Å². The van der Waals surface area contributed by atoms with E-state index in [4.69, 9.17) is 47.4 Å². The molecule has 0 aromatic carbocycles. The first-order valence-electron chi connectivity index (χ1n) is 31.6. The lowest BCUT2D eigenvalue weighted by atomic mass is 9.38. The van der Waals surface area contributed by atoms with Gasteiger partial charge in [-0.25, -0.2) is 0 Å². The topological polar surface area (TPSA) is 477 Å². The normalized spacial score (nSPS) is 51.8. The molecule has 0 amide bonds. The van der Waals surface area contributed by atoms with Crippen LogP contribution in [0.3, 0.4) is 0 Å². The van der Waals surface area contributed by atoms with Gasteiger partial charge in [0.25, 0.3) is 0 Å². The number of hydrogen-bond donors (Lipinski definition) is 19. The summed E-state index contributed by atoms with van der Waals surface area (Å²) in [7, 11) is 0. The van der Waals surface area contributed by atoms with E-state index in [2.05, 4.69) is 33.8 Å². The van der Waals surface area contributed by atoms with E-state index >= 15 is 0 Å². The van der Waals surface area contributed by atoms with Crippen LogP contribution in [-0.2, 0) is 47.4 Å². The Morgan fingerprint density at radius 3 is 1.45 bits per heavy atom. The largest absolute Gasteiger partial charge is 0.394 e. The summed E-state index contributed by atoms with van der Waals surface area (Å²) in [4.78, 5) is 0. The lowest BCUT2D eigenvalue weighted by Crippen LogP contribution is -2.65. The lowest BCUT2D eigenvalue weighted by molar-refractivity contribution is -0.380. The average molecular weight is 1290 g/mol. The van der Waals surface area contributed by atoms with Crippen LogP contribution in [0.15, 0.2) is 11.6 Å². The number of aliphatic hydroxyl groups excluding tert-OH is 18. The Labute approximate surface area is 517 Å². The van der Waals surface area contributed by atoms with Crippen LogP contribution in [0, 0.1) is 45.3 Å². The minimum atomic E-state index is -1.96. The van der Waals surface area contributed by atoms with Gasteiger partial charge in [0.15, 0.2) is 31.5 Å². The van der Waals surface area contributed by atoms with Crippen molar-refractivity contribution in [2.75, 3.05) is 33.0 Å². The first kappa shape index (κ1) is 71.9. The Balaban J connectivity index is 0.883. The maximum absolute atomic E-state index is 12.8. The summed E-state index contributed by atoms with van der Waals surface area (Å²) in [5.74, 6) is -0.0172. The first-order valence-corrected chi connectivity index (χ1v) is 31.6. The third kappa shape index (κ3) is 13.1. The number of hydrogen-bond acceptors (Lipinski definition) is 29. The minimum absolute atomic E-state index is 0.0310. The third-order valence-corrected chi connectivity index (χ3v) is 22.9. The Kier molecular flexibility index (Phi) is 22.3. The van der Waals surface area contributed by atoms with Crippen LogP contribution in [0.25, 0.3) is 0 Å². The molecule has 5 heterocycles. The highest BCUT2D eigenvalue weighted by Gasteiger charge is 2.70. The standard InChI is InChI=1S/C60H102O29/c1-23(9-13-35(57(4,5)79)88-55-50(89-54-49(78)43(72)38(67)29(20-63)84-54)45(74)40(69)31(86-55)22-81-52-47(76)42(71)37(66)28(19-62)83-52)24-15-16-58(6)32-12-10-25-26(60(32,8)33(64)17-59(24,58)7)11-14-34(56(25,2)3)87-53-48(77)44(73)39(68)30(85-53)21-80-51-46(75)41(70)36(65)27(18-61)82-51/h10,23-24,26-55,61-79H,9,11-22H2,1-8H3/t23-,24?,26?,27-,28-,29-,30-,31-,32?,33-,34+,35-,36-,37-,38-,39-,40-,41+,42+,43+,44+,45+,46-,47-,48-,49-,50-,51+,52+,53+,54+,55+,58+,59-,60+/m1/s1. The molecule has 3 saturated carbocycles. The minimum Gasteiger partial charge on any atom is -0.394 e. The van der Waals surface area contributed by atoms with Crippen LogP contribution < -0.4 is 0 Å². The highest BCUT2D eigenvalue weighted by atomic mass is 16.8. The van der Waals surface area contributed by atoms with E-state index in [1.807, 2.05) is 13.8 Å². The molecule has 0 aromatic rings. The summed E-state index contributed by atoms with van der Waals surface area (Å²) < 4.78 is 59.3. The van der Waals surface area contributed by atoms with Gasteiger partial charge in [-0.1, -0.05) is 53.2 Å². The molecule has 9 rings (SSSR count). The molecule has 35 atom stereocenters. The number of allylic oxidation sites excluding steroid dienone is 1. The van der Waals surface area contributed by atoms with Gasteiger partial charge in [0.2, 0.25) is 0 Å². The van der Waals surface area contributed by atoms with Gasteiger partial charge < -0.3 is 144 Å². The molecule has 0 bridgehead atoms. The summed E-state index contributed by atoms with van der Waals surface area (Å²) in [6.07, 6.45) is -37.4. The molecular weight excluding hydrogens is 1180 g/mol. The van der Waals surface area contributed by atoms with Gasteiger partial charge in [-0.3, -0.25) is 0 Å². The Morgan fingerprint density at radius 2 is 0.955 bits per heavy atom. The highest BCUT2D eigenvalue weighted by molar-refractivity contribution is 5.32. The molecule has 29 nitrogen and oxygen atoms in total. The second-order valence-corrected chi connectivity index (χ2v) is 28.7. The van der Waals surface area contributed by atoms with Gasteiger partial charge in [-0.2, -0.15) is 0 Å². The maximum atomic E-state index is 12.8. The molecule has 29 heteroatoms. The van der Waals surface area contributed by atoms with Gasteiger partial charge in [0, 0.05) is 10.8 Å². The van der Waals surface area contributed by atoms with Crippen LogP contribution in [0.4, 0.5) is 0 Å². The van der Waals surface area contributed by atoms with Crippen molar-refractivity contribution in [2.45, 2.75) is 284 Å². The van der Waals surface area contributed by atoms with Crippen LogP contribution in [0.1, 0.15) is 107 Å². The van der Waals surface area contributed by atoms with Crippen LogP contribution in [-0.4, -0.2) is 308 Å². The van der Waals surface area contributed by atoms with Gasteiger partial charge in [-0.05, 0) is 99.7 Å². The van der Waals surface area contributed by atoms with Crippen molar-refractivity contribution >= 4 is 0 Å². The fraction of sp³-hybridized carbons (Fsp3) is 0.967. The molecule has 0 aromatic heterocycles. The fourth-order valence-corrected chi connectivity index (χ4v) is 17.0. The highest BCUT2D eigenvalue weighted by Crippen LogP contribution is 2.75. The molecule has 19 N–H and O–H groups in total. The number of ether oxygens (including phenoxy) is 10. The van der Waals surface area contributed by atoms with E-state index in [9.17, 15) is 97.0 Å². The van der Waals surface area contributed by atoms with Crippen molar-refractivity contribution in [1.82, 2.24) is 0 Å². The van der Waals surface area contributed by atoms with Crippen molar-refractivity contribution in [3.05, 3.63) is 11.6 Å². The quantitative estimate of drug-likeness (QED) is 0.0506. The van der Waals surface area contributed by atoms with Gasteiger partial charge in [0.05, 0.1) is 56.9 Å². The van der Waals surface area contributed by atoms with Gasteiger partial charge >= 0.3 is 0 Å². The molecule has 9 aliphatic rings.